The van der Waals surface area contributed by atoms with E-state index >= 15 is 0 Å². The Balaban J connectivity index is 1.86. The first-order chi connectivity index (χ1) is 11.8. The van der Waals surface area contributed by atoms with Crippen LogP contribution in [0.3, 0.4) is 0 Å². The average Bonchev–Trinajstić information content (AvgIpc) is 2.68. The zero-order valence-electron chi connectivity index (χ0n) is 13.5. The van der Waals surface area contributed by atoms with Crippen LogP contribution in [-0.4, -0.2) is 24.6 Å². The molecule has 3 aromatic carbocycles. The Labute approximate surface area is 141 Å². The van der Waals surface area contributed by atoms with Crippen molar-refractivity contribution in [1.82, 2.24) is 0 Å². The fourth-order valence-corrected chi connectivity index (χ4v) is 2.94. The van der Waals surface area contributed by atoms with Gasteiger partial charge in [0, 0.05) is 17.7 Å². The fourth-order valence-electron chi connectivity index (χ4n) is 2.94. The molecule has 0 aliphatic carbocycles. The first-order valence-corrected chi connectivity index (χ1v) is 7.92. The number of rotatable bonds is 3. The molecule has 0 aromatic heterocycles. The summed E-state index contributed by atoms with van der Waals surface area (Å²) >= 11 is 0. The largest absolute Gasteiger partial charge is 0.497 e. The van der Waals surface area contributed by atoms with Crippen molar-refractivity contribution in [1.29, 1.82) is 0 Å². The lowest BCUT2D eigenvalue weighted by Crippen LogP contribution is -2.21. The van der Waals surface area contributed by atoms with Crippen LogP contribution in [0, 0.1) is 0 Å². The highest BCUT2D eigenvalue weighted by Crippen LogP contribution is 2.38. The maximum atomic E-state index is 6.11. The third-order valence-electron chi connectivity index (χ3n) is 4.14. The Morgan fingerprint density at radius 1 is 0.917 bits per heavy atom. The number of fused-ring (bicyclic) bond motifs is 1. The van der Waals surface area contributed by atoms with Crippen molar-refractivity contribution >= 4 is 11.9 Å². The van der Waals surface area contributed by atoms with Crippen molar-refractivity contribution in [2.45, 2.75) is 0 Å². The Hall–Kier alpha value is -3.07. The number of methoxy groups -OCH3 is 1. The van der Waals surface area contributed by atoms with Crippen LogP contribution in [0.25, 0.3) is 11.1 Å². The summed E-state index contributed by atoms with van der Waals surface area (Å²) in [4.78, 5) is 0. The molecule has 4 rings (SSSR count). The molecule has 1 aliphatic rings. The van der Waals surface area contributed by atoms with Crippen LogP contribution in [0.15, 0.2) is 72.8 Å². The Kier molecular flexibility index (Phi) is 3.75. The summed E-state index contributed by atoms with van der Waals surface area (Å²) in [6.45, 7) is 0.489. The van der Waals surface area contributed by atoms with Gasteiger partial charge in [0.2, 0.25) is 5.69 Å². The predicted octanol–water partition coefficient (Wildman–Crippen LogP) is 4.48. The van der Waals surface area contributed by atoms with Crippen molar-refractivity contribution in [3.05, 3.63) is 78.4 Å². The Bertz CT molecular complexity index is 886. The van der Waals surface area contributed by atoms with Crippen LogP contribution < -0.4 is 9.47 Å². The lowest BCUT2D eigenvalue weighted by Gasteiger charge is -2.18. The molecule has 0 fully saturated rings. The van der Waals surface area contributed by atoms with E-state index in [2.05, 4.69) is 35.1 Å². The molecule has 118 valence electrons. The quantitative estimate of drug-likeness (QED) is 0.665. The zero-order valence-corrected chi connectivity index (χ0v) is 13.5. The van der Waals surface area contributed by atoms with E-state index in [4.69, 9.17) is 9.47 Å². The molecule has 3 heteroatoms. The summed E-state index contributed by atoms with van der Waals surface area (Å²) in [5.41, 5.74) is 4.29. The van der Waals surface area contributed by atoms with Gasteiger partial charge in [-0.15, -0.1) is 0 Å². The van der Waals surface area contributed by atoms with E-state index in [9.17, 15) is 0 Å². The topological polar surface area (TPSA) is 21.5 Å². The monoisotopic (exact) mass is 316 g/mol. The number of para-hydroxylation sites is 1. The maximum Gasteiger partial charge on any atom is 0.292 e. The molecule has 0 radical (unpaired) electrons. The zero-order chi connectivity index (χ0) is 16.4. The number of hydrogen-bond acceptors (Lipinski definition) is 2. The standard InChI is InChI=1S/C21H18NO2/c1-23-19-12-17-14-22(18-10-6-3-7-11-18)15-24-21(17)20(13-19)16-8-4-2-5-9-16/h2-14H,15H2,1H3/q+1. The van der Waals surface area contributed by atoms with E-state index in [0.717, 1.165) is 33.9 Å². The molecule has 0 saturated carbocycles. The van der Waals surface area contributed by atoms with Crippen LogP contribution in [-0.2, 0) is 0 Å². The van der Waals surface area contributed by atoms with E-state index in [1.165, 1.54) is 0 Å². The summed E-state index contributed by atoms with van der Waals surface area (Å²) in [7, 11) is 1.69. The average molecular weight is 316 g/mol. The Morgan fingerprint density at radius 3 is 2.33 bits per heavy atom. The SMILES string of the molecule is COc1cc2c(c(-c3ccccc3)c1)OC[N+](c1ccccc1)=C2. The second kappa shape index (κ2) is 6.20. The molecule has 1 aliphatic heterocycles. The van der Waals surface area contributed by atoms with Crippen LogP contribution >= 0.6 is 0 Å². The molecule has 0 unspecified atom stereocenters. The van der Waals surface area contributed by atoms with E-state index in [-0.39, 0.29) is 0 Å². The molecule has 0 amide bonds. The second-order valence-corrected chi connectivity index (χ2v) is 5.67. The van der Waals surface area contributed by atoms with Gasteiger partial charge in [-0.3, -0.25) is 0 Å². The Morgan fingerprint density at radius 2 is 1.62 bits per heavy atom. The van der Waals surface area contributed by atoms with Gasteiger partial charge in [0.1, 0.15) is 11.5 Å². The van der Waals surface area contributed by atoms with Gasteiger partial charge < -0.3 is 9.47 Å². The summed E-state index contributed by atoms with van der Waals surface area (Å²) in [6.07, 6.45) is 2.11. The highest BCUT2D eigenvalue weighted by molar-refractivity contribution is 5.88. The molecule has 1 heterocycles. The minimum absolute atomic E-state index is 0.489. The van der Waals surface area contributed by atoms with Crippen molar-refractivity contribution < 1.29 is 14.0 Å². The van der Waals surface area contributed by atoms with E-state index < -0.39 is 0 Å². The number of ether oxygens (including phenoxy) is 2. The van der Waals surface area contributed by atoms with Crippen LogP contribution in [0.2, 0.25) is 0 Å². The van der Waals surface area contributed by atoms with Gasteiger partial charge in [0.15, 0.2) is 6.21 Å². The van der Waals surface area contributed by atoms with Gasteiger partial charge in [-0.1, -0.05) is 48.5 Å². The van der Waals surface area contributed by atoms with Gasteiger partial charge in [0.25, 0.3) is 6.73 Å². The van der Waals surface area contributed by atoms with E-state index in [1.807, 2.05) is 48.5 Å². The van der Waals surface area contributed by atoms with Crippen LogP contribution in [0.1, 0.15) is 5.56 Å². The fraction of sp³-hybridized carbons (Fsp3) is 0.0952. The van der Waals surface area contributed by atoms with Gasteiger partial charge in [0.05, 0.1) is 12.7 Å². The van der Waals surface area contributed by atoms with Gasteiger partial charge in [-0.25, -0.2) is 0 Å². The second-order valence-electron chi connectivity index (χ2n) is 5.67. The minimum Gasteiger partial charge on any atom is -0.497 e. The van der Waals surface area contributed by atoms with Crippen molar-refractivity contribution in [2.75, 3.05) is 13.8 Å². The molecule has 24 heavy (non-hydrogen) atoms. The summed E-state index contributed by atoms with van der Waals surface area (Å²) in [5, 5.41) is 0. The number of nitrogens with zero attached hydrogens (tertiary/aromatic N) is 1. The highest BCUT2D eigenvalue weighted by atomic mass is 16.5. The molecule has 3 nitrogen and oxygen atoms in total. The molecule has 0 saturated heterocycles. The van der Waals surface area contributed by atoms with Gasteiger partial charge in [-0.05, 0) is 17.7 Å². The number of hydrogen-bond donors (Lipinski definition) is 0. The highest BCUT2D eigenvalue weighted by Gasteiger charge is 2.23. The van der Waals surface area contributed by atoms with E-state index in [0.29, 0.717) is 6.73 Å². The van der Waals surface area contributed by atoms with E-state index in [1.54, 1.807) is 7.11 Å². The first-order valence-electron chi connectivity index (χ1n) is 7.92. The lowest BCUT2D eigenvalue weighted by molar-refractivity contribution is -0.476. The normalized spacial score (nSPS) is 12.8. The van der Waals surface area contributed by atoms with Gasteiger partial charge >= 0.3 is 0 Å². The maximum absolute atomic E-state index is 6.11. The lowest BCUT2D eigenvalue weighted by atomic mass is 10.0. The number of benzene rings is 3. The molecule has 0 spiro atoms. The summed E-state index contributed by atoms with van der Waals surface area (Å²) < 4.78 is 13.7. The van der Waals surface area contributed by atoms with Gasteiger partial charge in [-0.2, -0.15) is 4.58 Å². The summed E-state index contributed by atoms with van der Waals surface area (Å²) in [6, 6.07) is 24.5. The third kappa shape index (κ3) is 2.65. The van der Waals surface area contributed by atoms with Crippen LogP contribution in [0.5, 0.6) is 11.5 Å². The summed E-state index contributed by atoms with van der Waals surface area (Å²) in [5.74, 6) is 1.72. The predicted molar refractivity (Wildman–Crippen MR) is 95.5 cm³/mol. The molecule has 3 aromatic rings. The third-order valence-corrected chi connectivity index (χ3v) is 4.14. The molecule has 0 bridgehead atoms. The molecular weight excluding hydrogens is 298 g/mol. The molecular formula is C21H18NO2+. The van der Waals surface area contributed by atoms with Crippen molar-refractivity contribution in [3.8, 4) is 22.6 Å². The van der Waals surface area contributed by atoms with Crippen molar-refractivity contribution in [2.24, 2.45) is 0 Å². The molecule has 0 atom stereocenters. The van der Waals surface area contributed by atoms with Crippen molar-refractivity contribution in [3.63, 3.8) is 0 Å². The van der Waals surface area contributed by atoms with Crippen LogP contribution in [0.4, 0.5) is 5.69 Å². The molecule has 0 N–H and O–H groups in total. The first kappa shape index (κ1) is 14.5. The smallest absolute Gasteiger partial charge is 0.292 e. The minimum atomic E-state index is 0.489.